The molecule has 162 valence electrons. The number of morpholine rings is 1. The van der Waals surface area contributed by atoms with Gasteiger partial charge in [0.1, 0.15) is 11.6 Å². The lowest BCUT2D eigenvalue weighted by molar-refractivity contribution is -0.00545. The molecule has 30 heavy (non-hydrogen) atoms. The molecule has 2 heterocycles. The molecule has 2 unspecified atom stereocenters. The largest absolute Gasteiger partial charge is 0.496 e. The van der Waals surface area contributed by atoms with Gasteiger partial charge in [0, 0.05) is 45.0 Å². The van der Waals surface area contributed by atoms with E-state index >= 15 is 0 Å². The number of guanidine groups is 1. The van der Waals surface area contributed by atoms with Gasteiger partial charge in [0.15, 0.2) is 5.96 Å². The van der Waals surface area contributed by atoms with Gasteiger partial charge in [-0.25, -0.2) is 4.98 Å². The predicted octanol–water partition coefficient (Wildman–Crippen LogP) is 2.88. The van der Waals surface area contributed by atoms with Gasteiger partial charge >= 0.3 is 0 Å². The zero-order chi connectivity index (χ0) is 21.5. The van der Waals surface area contributed by atoms with Gasteiger partial charge in [-0.3, -0.25) is 4.99 Å². The number of nitrogens with one attached hydrogen (secondary N) is 2. The van der Waals surface area contributed by atoms with Crippen molar-refractivity contribution in [1.29, 1.82) is 0 Å². The van der Waals surface area contributed by atoms with E-state index in [2.05, 4.69) is 70.5 Å². The highest BCUT2D eigenvalue weighted by atomic mass is 16.5. The van der Waals surface area contributed by atoms with Crippen molar-refractivity contribution in [3.63, 3.8) is 0 Å². The molecule has 1 fully saturated rings. The Morgan fingerprint density at radius 2 is 1.90 bits per heavy atom. The van der Waals surface area contributed by atoms with Crippen LogP contribution in [0, 0.1) is 6.92 Å². The standard InChI is InChI=1S/C23H33N5O2/c1-16-6-8-20(21(10-16)29-5)13-27-23(24-4)26-12-19-7-9-22(25-11-19)28-14-17(2)30-18(3)15-28/h6-11,17-18H,12-15H2,1-5H3,(H2,24,26,27). The van der Waals surface area contributed by atoms with Crippen LogP contribution >= 0.6 is 0 Å². The van der Waals surface area contributed by atoms with Crippen molar-refractivity contribution in [3.05, 3.63) is 53.2 Å². The van der Waals surface area contributed by atoms with Gasteiger partial charge in [-0.15, -0.1) is 0 Å². The Kier molecular flexibility index (Phi) is 7.52. The van der Waals surface area contributed by atoms with Crippen molar-refractivity contribution in [3.8, 4) is 5.75 Å². The molecule has 0 aliphatic carbocycles. The highest BCUT2D eigenvalue weighted by molar-refractivity contribution is 5.79. The van der Waals surface area contributed by atoms with Crippen molar-refractivity contribution < 1.29 is 9.47 Å². The fourth-order valence-corrected chi connectivity index (χ4v) is 3.66. The van der Waals surface area contributed by atoms with E-state index in [4.69, 9.17) is 9.47 Å². The van der Waals surface area contributed by atoms with Crippen molar-refractivity contribution in [2.24, 2.45) is 4.99 Å². The number of aliphatic imine (C=N–C) groups is 1. The molecule has 2 aromatic rings. The Hall–Kier alpha value is -2.80. The summed E-state index contributed by atoms with van der Waals surface area (Å²) < 4.78 is 11.3. The molecule has 1 aromatic carbocycles. The molecule has 0 spiro atoms. The minimum Gasteiger partial charge on any atom is -0.496 e. The van der Waals surface area contributed by atoms with Crippen LogP contribution in [0.4, 0.5) is 5.82 Å². The van der Waals surface area contributed by atoms with Crippen LogP contribution in [0.3, 0.4) is 0 Å². The molecule has 2 N–H and O–H groups in total. The predicted molar refractivity (Wildman–Crippen MR) is 121 cm³/mol. The third kappa shape index (κ3) is 5.86. The topological polar surface area (TPSA) is 71.0 Å². The highest BCUT2D eigenvalue weighted by Gasteiger charge is 2.22. The number of hydrogen-bond acceptors (Lipinski definition) is 5. The zero-order valence-corrected chi connectivity index (χ0v) is 18.6. The van der Waals surface area contributed by atoms with E-state index in [0.717, 1.165) is 41.7 Å². The second kappa shape index (κ2) is 10.3. The van der Waals surface area contributed by atoms with Crippen molar-refractivity contribution >= 4 is 11.8 Å². The van der Waals surface area contributed by atoms with Gasteiger partial charge in [-0.1, -0.05) is 18.2 Å². The molecule has 7 heteroatoms. The summed E-state index contributed by atoms with van der Waals surface area (Å²) in [7, 11) is 3.46. The van der Waals surface area contributed by atoms with Gasteiger partial charge in [0.05, 0.1) is 19.3 Å². The second-order valence-corrected chi connectivity index (χ2v) is 7.78. The summed E-state index contributed by atoms with van der Waals surface area (Å²) in [6.45, 7) is 9.28. The van der Waals surface area contributed by atoms with Crippen molar-refractivity contribution in [2.75, 3.05) is 32.1 Å². The maximum Gasteiger partial charge on any atom is 0.191 e. The SMILES string of the molecule is CN=C(NCc1ccc(N2CC(C)OC(C)C2)nc1)NCc1ccc(C)cc1OC. The van der Waals surface area contributed by atoms with Crippen molar-refractivity contribution in [1.82, 2.24) is 15.6 Å². The molecule has 1 saturated heterocycles. The number of hydrogen-bond donors (Lipinski definition) is 2. The first-order valence-electron chi connectivity index (χ1n) is 10.4. The summed E-state index contributed by atoms with van der Waals surface area (Å²) in [6, 6.07) is 10.4. The van der Waals surface area contributed by atoms with E-state index < -0.39 is 0 Å². The van der Waals surface area contributed by atoms with Crippen LogP contribution in [-0.4, -0.2) is 50.4 Å². The first-order chi connectivity index (χ1) is 14.5. The molecule has 0 saturated carbocycles. The minimum atomic E-state index is 0.221. The third-order valence-electron chi connectivity index (χ3n) is 5.13. The lowest BCUT2D eigenvalue weighted by atomic mass is 10.1. The fraction of sp³-hybridized carbons (Fsp3) is 0.478. The first-order valence-corrected chi connectivity index (χ1v) is 10.4. The van der Waals surface area contributed by atoms with E-state index in [9.17, 15) is 0 Å². The summed E-state index contributed by atoms with van der Waals surface area (Å²) in [5.74, 6) is 2.61. The number of ether oxygens (including phenoxy) is 2. The number of benzene rings is 1. The summed E-state index contributed by atoms with van der Waals surface area (Å²) in [6.07, 6.45) is 2.36. The smallest absolute Gasteiger partial charge is 0.191 e. The number of anilines is 1. The van der Waals surface area contributed by atoms with Crippen LogP contribution in [0.5, 0.6) is 5.75 Å². The average molecular weight is 412 g/mol. The lowest BCUT2D eigenvalue weighted by Crippen LogP contribution is -2.45. The van der Waals surface area contributed by atoms with E-state index in [1.807, 2.05) is 12.3 Å². The Balaban J connectivity index is 1.53. The number of aryl methyl sites for hydroxylation is 1. The van der Waals surface area contributed by atoms with E-state index in [-0.39, 0.29) is 12.2 Å². The van der Waals surface area contributed by atoms with Gasteiger partial charge in [0.25, 0.3) is 0 Å². The quantitative estimate of drug-likeness (QED) is 0.563. The lowest BCUT2D eigenvalue weighted by Gasteiger charge is -2.36. The van der Waals surface area contributed by atoms with E-state index in [0.29, 0.717) is 13.1 Å². The first kappa shape index (κ1) is 21.9. The molecule has 0 amide bonds. The van der Waals surface area contributed by atoms with Crippen LogP contribution in [0.25, 0.3) is 0 Å². The molecule has 0 radical (unpaired) electrons. The Labute approximate surface area is 179 Å². The van der Waals surface area contributed by atoms with Gasteiger partial charge in [-0.2, -0.15) is 0 Å². The molecular formula is C23H33N5O2. The maximum atomic E-state index is 5.81. The molecule has 2 atom stereocenters. The van der Waals surface area contributed by atoms with Crippen LogP contribution in [-0.2, 0) is 17.8 Å². The number of rotatable bonds is 6. The molecule has 0 bridgehead atoms. The van der Waals surface area contributed by atoms with Crippen LogP contribution in [0.2, 0.25) is 0 Å². The summed E-state index contributed by atoms with van der Waals surface area (Å²) >= 11 is 0. The number of nitrogens with zero attached hydrogens (tertiary/aromatic N) is 3. The van der Waals surface area contributed by atoms with Crippen LogP contribution < -0.4 is 20.3 Å². The Morgan fingerprint density at radius 1 is 1.17 bits per heavy atom. The molecule has 7 nitrogen and oxygen atoms in total. The molecule has 1 aliphatic heterocycles. The summed E-state index contributed by atoms with van der Waals surface area (Å²) in [5, 5.41) is 6.68. The fourth-order valence-electron chi connectivity index (χ4n) is 3.66. The minimum absolute atomic E-state index is 0.221. The van der Waals surface area contributed by atoms with E-state index in [1.54, 1.807) is 14.2 Å². The number of methoxy groups -OCH3 is 1. The monoisotopic (exact) mass is 411 g/mol. The molecule has 1 aliphatic rings. The maximum absolute atomic E-state index is 5.81. The van der Waals surface area contributed by atoms with Crippen LogP contribution in [0.15, 0.2) is 41.5 Å². The van der Waals surface area contributed by atoms with Gasteiger partial charge in [-0.05, 0) is 44.0 Å². The van der Waals surface area contributed by atoms with Crippen molar-refractivity contribution in [2.45, 2.75) is 46.1 Å². The van der Waals surface area contributed by atoms with Crippen LogP contribution in [0.1, 0.15) is 30.5 Å². The molecule has 3 rings (SSSR count). The number of aromatic nitrogens is 1. The Bertz CT molecular complexity index is 843. The summed E-state index contributed by atoms with van der Waals surface area (Å²) in [5.41, 5.74) is 3.37. The summed E-state index contributed by atoms with van der Waals surface area (Å²) in [4.78, 5) is 11.2. The number of pyridine rings is 1. The van der Waals surface area contributed by atoms with Gasteiger partial charge in [0.2, 0.25) is 0 Å². The second-order valence-electron chi connectivity index (χ2n) is 7.78. The zero-order valence-electron chi connectivity index (χ0n) is 18.6. The van der Waals surface area contributed by atoms with E-state index in [1.165, 1.54) is 5.56 Å². The highest BCUT2D eigenvalue weighted by Crippen LogP contribution is 2.20. The molecular weight excluding hydrogens is 378 g/mol. The Morgan fingerprint density at radius 3 is 2.53 bits per heavy atom. The van der Waals surface area contributed by atoms with Gasteiger partial charge < -0.3 is 25.0 Å². The normalized spacial score (nSPS) is 19.5. The molecule has 1 aromatic heterocycles. The average Bonchev–Trinajstić information content (AvgIpc) is 2.74. The third-order valence-corrected chi connectivity index (χ3v) is 5.13.